The number of nitrogens with one attached hydrogen (secondary N) is 1. The van der Waals surface area contributed by atoms with Crippen molar-refractivity contribution in [2.24, 2.45) is 0 Å². The molecule has 6 nitrogen and oxygen atoms in total. The van der Waals surface area contributed by atoms with E-state index in [0.29, 0.717) is 21.6 Å². The molecule has 3 aromatic rings. The zero-order valence-corrected chi connectivity index (χ0v) is 18.7. The van der Waals surface area contributed by atoms with Crippen molar-refractivity contribution in [3.63, 3.8) is 0 Å². The van der Waals surface area contributed by atoms with E-state index in [9.17, 15) is 14.4 Å². The number of halogens is 1. The van der Waals surface area contributed by atoms with E-state index in [-0.39, 0.29) is 5.57 Å². The maximum absolute atomic E-state index is 13.0. The van der Waals surface area contributed by atoms with Crippen molar-refractivity contribution in [2.45, 2.75) is 23.8 Å². The summed E-state index contributed by atoms with van der Waals surface area (Å²) in [6.45, 7) is 1.73. The van der Waals surface area contributed by atoms with Crippen LogP contribution in [0.3, 0.4) is 0 Å². The van der Waals surface area contributed by atoms with Gasteiger partial charge in [0, 0.05) is 10.8 Å². The molecule has 1 unspecified atom stereocenters. The second-order valence-electron chi connectivity index (χ2n) is 7.15. The lowest BCUT2D eigenvalue weighted by atomic mass is 10.0. The zero-order chi connectivity index (χ0) is 22.7. The summed E-state index contributed by atoms with van der Waals surface area (Å²) in [4.78, 5) is 38.8. The van der Waals surface area contributed by atoms with E-state index in [1.54, 1.807) is 19.1 Å². The largest absolute Gasteiger partial charge is 0.450 e. The molecule has 1 aromatic heterocycles. The lowest BCUT2D eigenvalue weighted by Crippen LogP contribution is -2.54. The molecule has 4 rings (SSSR count). The highest BCUT2D eigenvalue weighted by molar-refractivity contribution is 7.98. The van der Waals surface area contributed by atoms with Gasteiger partial charge in [0.25, 0.3) is 11.8 Å². The van der Waals surface area contributed by atoms with Gasteiger partial charge in [0.2, 0.25) is 0 Å². The number of nitrogens with zero attached hydrogens (tertiary/aromatic N) is 1. The third-order valence-electron chi connectivity index (χ3n) is 4.99. The molecule has 0 spiro atoms. The Balaban J connectivity index is 1.51. The number of hydrogen-bond acceptors (Lipinski definition) is 5. The van der Waals surface area contributed by atoms with Gasteiger partial charge in [-0.3, -0.25) is 19.8 Å². The van der Waals surface area contributed by atoms with Gasteiger partial charge in [0.1, 0.15) is 11.3 Å². The topological polar surface area (TPSA) is 79.6 Å². The summed E-state index contributed by atoms with van der Waals surface area (Å²) in [7, 11) is 0. The van der Waals surface area contributed by atoms with E-state index in [1.165, 1.54) is 17.8 Å². The van der Waals surface area contributed by atoms with E-state index in [2.05, 4.69) is 5.32 Å². The van der Waals surface area contributed by atoms with Crippen LogP contribution in [0.25, 0.3) is 6.08 Å². The molecule has 1 atom stereocenters. The minimum Gasteiger partial charge on any atom is -0.450 e. The van der Waals surface area contributed by atoms with E-state index < -0.39 is 23.9 Å². The predicted molar refractivity (Wildman–Crippen MR) is 123 cm³/mol. The minimum atomic E-state index is -0.747. The Bertz CT molecular complexity index is 1190. The molecule has 1 aliphatic heterocycles. The lowest BCUT2D eigenvalue weighted by Gasteiger charge is -2.31. The lowest BCUT2D eigenvalue weighted by molar-refractivity contribution is -0.131. The highest BCUT2D eigenvalue weighted by Gasteiger charge is 2.39. The zero-order valence-electron chi connectivity index (χ0n) is 17.1. The number of carbonyl (C=O) groups is 3. The van der Waals surface area contributed by atoms with E-state index >= 15 is 0 Å². The quantitative estimate of drug-likeness (QED) is 0.297. The molecule has 0 bridgehead atoms. The van der Waals surface area contributed by atoms with Gasteiger partial charge in [-0.05, 0) is 48.4 Å². The first kappa shape index (κ1) is 21.9. The number of thioether (sulfide) groups is 1. The molecule has 4 amide bonds. The van der Waals surface area contributed by atoms with Crippen LogP contribution in [0.4, 0.5) is 4.79 Å². The standard InChI is InChI=1S/C24H19ClN2O4S/c1-15(17-5-3-2-4-6-17)27-23(29)20(22(28)26-24(27)30)13-19-11-12-21(31-19)32-14-16-7-9-18(25)10-8-16/h2-13,15H,14H2,1H3,(H,26,28,30)/b20-13-. The van der Waals surface area contributed by atoms with Gasteiger partial charge < -0.3 is 4.42 Å². The Labute approximate surface area is 194 Å². The average molecular weight is 467 g/mol. The Morgan fingerprint density at radius 1 is 1.03 bits per heavy atom. The molecule has 2 aromatic carbocycles. The van der Waals surface area contributed by atoms with Gasteiger partial charge in [-0.15, -0.1) is 0 Å². The van der Waals surface area contributed by atoms with Gasteiger partial charge in [0.05, 0.1) is 6.04 Å². The van der Waals surface area contributed by atoms with Crippen LogP contribution >= 0.6 is 23.4 Å². The Kier molecular flexibility index (Phi) is 6.48. The van der Waals surface area contributed by atoms with Crippen molar-refractivity contribution in [3.8, 4) is 0 Å². The maximum Gasteiger partial charge on any atom is 0.331 e. The minimum absolute atomic E-state index is 0.156. The molecular formula is C24H19ClN2O4S. The fourth-order valence-electron chi connectivity index (χ4n) is 3.27. The number of furan rings is 1. The Morgan fingerprint density at radius 2 is 1.75 bits per heavy atom. The van der Waals surface area contributed by atoms with Gasteiger partial charge in [-0.25, -0.2) is 4.79 Å². The number of barbiturate groups is 1. The van der Waals surface area contributed by atoms with E-state index in [4.69, 9.17) is 16.0 Å². The average Bonchev–Trinajstić information content (AvgIpc) is 3.24. The van der Waals surface area contributed by atoms with Crippen LogP contribution in [-0.2, 0) is 15.3 Å². The van der Waals surface area contributed by atoms with Crippen LogP contribution in [0.5, 0.6) is 0 Å². The third kappa shape index (κ3) is 4.79. The summed E-state index contributed by atoms with van der Waals surface area (Å²) >= 11 is 7.38. The van der Waals surface area contributed by atoms with Crippen LogP contribution in [-0.4, -0.2) is 22.7 Å². The van der Waals surface area contributed by atoms with Gasteiger partial charge in [0.15, 0.2) is 5.09 Å². The number of hydrogen-bond donors (Lipinski definition) is 1. The highest BCUT2D eigenvalue weighted by Crippen LogP contribution is 2.28. The fourth-order valence-corrected chi connectivity index (χ4v) is 4.22. The van der Waals surface area contributed by atoms with Crippen molar-refractivity contribution in [1.82, 2.24) is 10.2 Å². The predicted octanol–water partition coefficient (Wildman–Crippen LogP) is 5.45. The van der Waals surface area contributed by atoms with Gasteiger partial charge in [-0.1, -0.05) is 65.8 Å². The summed E-state index contributed by atoms with van der Waals surface area (Å²) in [6.07, 6.45) is 1.36. The molecule has 0 aliphatic carbocycles. The number of benzene rings is 2. The molecule has 1 aliphatic rings. The molecule has 0 saturated carbocycles. The number of imide groups is 2. The van der Waals surface area contributed by atoms with Crippen molar-refractivity contribution in [3.05, 3.63) is 94.2 Å². The first-order valence-electron chi connectivity index (χ1n) is 9.85. The normalized spacial score (nSPS) is 16.4. The van der Waals surface area contributed by atoms with Crippen molar-refractivity contribution >= 4 is 47.3 Å². The summed E-state index contributed by atoms with van der Waals surface area (Å²) < 4.78 is 5.76. The first-order chi connectivity index (χ1) is 15.4. The van der Waals surface area contributed by atoms with Crippen LogP contribution in [0.2, 0.25) is 5.02 Å². The molecule has 1 fully saturated rings. The molecule has 8 heteroatoms. The smallest absolute Gasteiger partial charge is 0.331 e. The van der Waals surface area contributed by atoms with E-state index in [1.807, 2.05) is 54.6 Å². The summed E-state index contributed by atoms with van der Waals surface area (Å²) in [5.41, 5.74) is 1.71. The fraction of sp³-hybridized carbons (Fsp3) is 0.125. The first-order valence-corrected chi connectivity index (χ1v) is 11.2. The van der Waals surface area contributed by atoms with Crippen LogP contribution in [0, 0.1) is 0 Å². The monoisotopic (exact) mass is 466 g/mol. The summed E-state index contributed by atoms with van der Waals surface area (Å²) in [6, 6.07) is 18.8. The molecule has 162 valence electrons. The van der Waals surface area contributed by atoms with Gasteiger partial charge in [-0.2, -0.15) is 0 Å². The second kappa shape index (κ2) is 9.46. The SMILES string of the molecule is CC(c1ccccc1)N1C(=O)NC(=O)/C(=C/c2ccc(SCc3ccc(Cl)cc3)o2)C1=O. The second-order valence-corrected chi connectivity index (χ2v) is 8.57. The number of urea groups is 1. The van der Waals surface area contributed by atoms with Crippen molar-refractivity contribution in [1.29, 1.82) is 0 Å². The Hall–Kier alpha value is -3.29. The Morgan fingerprint density at radius 3 is 2.47 bits per heavy atom. The number of carbonyl (C=O) groups excluding carboxylic acids is 3. The molecule has 32 heavy (non-hydrogen) atoms. The number of amides is 4. The molecular weight excluding hydrogens is 448 g/mol. The maximum atomic E-state index is 13.0. The van der Waals surface area contributed by atoms with Crippen LogP contribution in [0.1, 0.15) is 29.9 Å². The number of rotatable bonds is 6. The molecule has 1 saturated heterocycles. The van der Waals surface area contributed by atoms with Crippen LogP contribution < -0.4 is 5.32 Å². The van der Waals surface area contributed by atoms with Crippen molar-refractivity contribution < 1.29 is 18.8 Å². The van der Waals surface area contributed by atoms with Crippen molar-refractivity contribution in [2.75, 3.05) is 0 Å². The highest BCUT2D eigenvalue weighted by atomic mass is 35.5. The molecule has 1 N–H and O–H groups in total. The van der Waals surface area contributed by atoms with Crippen LogP contribution in [0.15, 0.2) is 81.8 Å². The molecule has 2 heterocycles. The molecule has 0 radical (unpaired) electrons. The van der Waals surface area contributed by atoms with Gasteiger partial charge >= 0.3 is 6.03 Å². The summed E-state index contributed by atoms with van der Waals surface area (Å²) in [5, 5.41) is 3.56. The summed E-state index contributed by atoms with van der Waals surface area (Å²) in [5.74, 6) is -0.384. The third-order valence-corrected chi connectivity index (χ3v) is 6.22. The van der Waals surface area contributed by atoms with E-state index in [0.717, 1.165) is 16.0 Å².